The van der Waals surface area contributed by atoms with Crippen LogP contribution in [0.25, 0.3) is 10.9 Å². The lowest BCUT2D eigenvalue weighted by atomic mass is 10.0. The molecule has 0 saturated heterocycles. The Morgan fingerprint density at radius 1 is 0.870 bits per heavy atom. The Kier molecular flexibility index (Phi) is 7.81. The number of unbranched alkanes of at least 4 members (excludes halogenated alkanes) is 7. The summed E-state index contributed by atoms with van der Waals surface area (Å²) >= 11 is 0. The van der Waals surface area contributed by atoms with E-state index in [0.29, 0.717) is 5.95 Å². The third-order valence-corrected chi connectivity index (χ3v) is 4.21. The van der Waals surface area contributed by atoms with Crippen molar-refractivity contribution in [2.24, 2.45) is 0 Å². The van der Waals surface area contributed by atoms with Gasteiger partial charge in [0, 0.05) is 19.1 Å². The maximum Gasteiger partial charge on any atom is 0.220 e. The van der Waals surface area contributed by atoms with Crippen molar-refractivity contribution in [3.8, 4) is 0 Å². The second kappa shape index (κ2) is 10.2. The number of hydrogen-bond acceptors (Lipinski definition) is 4. The number of nitrogens with zero attached hydrogens (tertiary/aromatic N) is 2. The molecule has 0 aliphatic heterocycles. The van der Waals surface area contributed by atoms with Gasteiger partial charge in [0.1, 0.15) is 0 Å². The first-order valence-electron chi connectivity index (χ1n) is 8.81. The summed E-state index contributed by atoms with van der Waals surface area (Å²) in [4.78, 5) is 8.73. The number of benzene rings is 1. The van der Waals surface area contributed by atoms with E-state index in [-0.39, 0.29) is 0 Å². The summed E-state index contributed by atoms with van der Waals surface area (Å²) in [7, 11) is 1.77. The van der Waals surface area contributed by atoms with Crippen molar-refractivity contribution in [1.82, 2.24) is 9.97 Å². The van der Waals surface area contributed by atoms with E-state index in [1.54, 1.807) is 7.11 Å². The van der Waals surface area contributed by atoms with E-state index < -0.39 is 0 Å². The van der Waals surface area contributed by atoms with Crippen LogP contribution >= 0.6 is 0 Å². The lowest BCUT2D eigenvalue weighted by Gasteiger charge is -2.06. The van der Waals surface area contributed by atoms with Crippen molar-refractivity contribution in [3.63, 3.8) is 0 Å². The highest BCUT2D eigenvalue weighted by atomic mass is 16.5. The fourth-order valence-electron chi connectivity index (χ4n) is 2.95. The average molecular weight is 315 g/mol. The minimum absolute atomic E-state index is 0.384. The van der Waals surface area contributed by atoms with Crippen LogP contribution in [-0.4, -0.2) is 23.7 Å². The highest BCUT2D eigenvalue weighted by Crippen LogP contribution is 2.19. The molecule has 2 aromatic rings. The molecule has 2 rings (SSSR count). The van der Waals surface area contributed by atoms with Crippen LogP contribution in [0.1, 0.15) is 57.1 Å². The Morgan fingerprint density at radius 3 is 2.26 bits per heavy atom. The van der Waals surface area contributed by atoms with Gasteiger partial charge in [0.25, 0.3) is 0 Å². The van der Waals surface area contributed by atoms with Gasteiger partial charge in [0.2, 0.25) is 5.95 Å². The van der Waals surface area contributed by atoms with Gasteiger partial charge in [-0.1, -0.05) is 56.7 Å². The largest absolute Gasteiger partial charge is 0.385 e. The number of fused-ring (bicyclic) bond motifs is 1. The summed E-state index contributed by atoms with van der Waals surface area (Å²) in [5.41, 5.74) is 7.85. The molecular formula is C19H29N3O. The van der Waals surface area contributed by atoms with Gasteiger partial charge in [-0.15, -0.1) is 0 Å². The SMILES string of the molecule is COCCCCCCCCCCc1nc(N)nc2ccccc12. The molecule has 0 aliphatic rings. The van der Waals surface area contributed by atoms with Crippen LogP contribution in [0.3, 0.4) is 0 Å². The van der Waals surface area contributed by atoms with E-state index in [1.165, 1.54) is 51.4 Å². The van der Waals surface area contributed by atoms with E-state index in [9.17, 15) is 0 Å². The zero-order valence-electron chi connectivity index (χ0n) is 14.3. The standard InChI is InChI=1S/C19H29N3O/c1-23-15-11-7-5-3-2-4-6-8-13-17-16-12-9-10-14-18(16)22-19(20)21-17/h9-10,12,14H,2-8,11,13,15H2,1H3,(H2,20,21,22). The number of para-hydroxylation sites is 1. The van der Waals surface area contributed by atoms with Gasteiger partial charge in [0.05, 0.1) is 11.2 Å². The van der Waals surface area contributed by atoms with Crippen LogP contribution < -0.4 is 5.73 Å². The lowest BCUT2D eigenvalue weighted by Crippen LogP contribution is -2.01. The highest BCUT2D eigenvalue weighted by Gasteiger charge is 2.05. The molecule has 0 saturated carbocycles. The maximum atomic E-state index is 5.81. The summed E-state index contributed by atoms with van der Waals surface area (Å²) in [6, 6.07) is 8.12. The van der Waals surface area contributed by atoms with Crippen LogP contribution in [-0.2, 0) is 11.2 Å². The molecular weight excluding hydrogens is 286 g/mol. The Balaban J connectivity index is 1.65. The summed E-state index contributed by atoms with van der Waals surface area (Å²) in [6.45, 7) is 0.899. The van der Waals surface area contributed by atoms with Crippen LogP contribution in [0, 0.1) is 0 Å². The van der Waals surface area contributed by atoms with Crippen molar-refractivity contribution >= 4 is 16.9 Å². The Labute approximate surface area is 139 Å². The second-order valence-corrected chi connectivity index (χ2v) is 6.12. The number of anilines is 1. The predicted molar refractivity (Wildman–Crippen MR) is 96.5 cm³/mol. The maximum absolute atomic E-state index is 5.81. The van der Waals surface area contributed by atoms with Crippen molar-refractivity contribution in [2.75, 3.05) is 19.5 Å². The van der Waals surface area contributed by atoms with Gasteiger partial charge in [-0.3, -0.25) is 0 Å². The minimum Gasteiger partial charge on any atom is -0.385 e. The molecule has 1 aromatic carbocycles. The van der Waals surface area contributed by atoms with E-state index in [4.69, 9.17) is 10.5 Å². The molecule has 0 spiro atoms. The number of hydrogen-bond donors (Lipinski definition) is 1. The average Bonchev–Trinajstić information content (AvgIpc) is 2.56. The molecule has 4 nitrogen and oxygen atoms in total. The van der Waals surface area contributed by atoms with E-state index in [1.807, 2.05) is 18.2 Å². The Bertz CT molecular complexity index is 586. The van der Waals surface area contributed by atoms with Gasteiger partial charge in [0.15, 0.2) is 0 Å². The third kappa shape index (κ3) is 6.14. The van der Waals surface area contributed by atoms with E-state index in [2.05, 4.69) is 16.0 Å². The fourth-order valence-corrected chi connectivity index (χ4v) is 2.95. The van der Waals surface area contributed by atoms with Gasteiger partial charge in [-0.05, 0) is 25.3 Å². The van der Waals surface area contributed by atoms with E-state index >= 15 is 0 Å². The fraction of sp³-hybridized carbons (Fsp3) is 0.579. The van der Waals surface area contributed by atoms with Crippen molar-refractivity contribution < 1.29 is 4.74 Å². The molecule has 1 heterocycles. The number of methoxy groups -OCH3 is 1. The zero-order chi connectivity index (χ0) is 16.3. The molecule has 0 aliphatic carbocycles. The quantitative estimate of drug-likeness (QED) is 0.619. The molecule has 2 N–H and O–H groups in total. The number of nitrogens with two attached hydrogens (primary N) is 1. The van der Waals surface area contributed by atoms with Crippen molar-refractivity contribution in [1.29, 1.82) is 0 Å². The first-order chi connectivity index (χ1) is 11.3. The number of aromatic nitrogens is 2. The first kappa shape index (κ1) is 17.7. The molecule has 1 aromatic heterocycles. The molecule has 0 fully saturated rings. The summed E-state index contributed by atoms with van der Waals surface area (Å²) in [5, 5.41) is 1.14. The van der Waals surface area contributed by atoms with Crippen LogP contribution in [0.4, 0.5) is 5.95 Å². The Hall–Kier alpha value is -1.68. The zero-order valence-corrected chi connectivity index (χ0v) is 14.3. The highest BCUT2D eigenvalue weighted by molar-refractivity contribution is 5.81. The third-order valence-electron chi connectivity index (χ3n) is 4.21. The number of ether oxygens (including phenoxy) is 1. The molecule has 0 unspecified atom stereocenters. The van der Waals surface area contributed by atoms with Crippen LogP contribution in [0.2, 0.25) is 0 Å². The molecule has 4 heteroatoms. The molecule has 0 amide bonds. The summed E-state index contributed by atoms with van der Waals surface area (Å²) < 4.78 is 5.06. The molecule has 126 valence electrons. The van der Waals surface area contributed by atoms with Gasteiger partial charge >= 0.3 is 0 Å². The number of aryl methyl sites for hydroxylation is 1. The van der Waals surface area contributed by atoms with Crippen LogP contribution in [0.15, 0.2) is 24.3 Å². The monoisotopic (exact) mass is 315 g/mol. The van der Waals surface area contributed by atoms with Crippen molar-refractivity contribution in [3.05, 3.63) is 30.0 Å². The second-order valence-electron chi connectivity index (χ2n) is 6.12. The summed E-state index contributed by atoms with van der Waals surface area (Å²) in [5.74, 6) is 0.384. The predicted octanol–water partition coefficient (Wildman–Crippen LogP) is 4.52. The molecule has 0 radical (unpaired) electrons. The minimum atomic E-state index is 0.384. The summed E-state index contributed by atoms with van der Waals surface area (Å²) in [6.07, 6.45) is 11.2. The smallest absolute Gasteiger partial charge is 0.220 e. The molecule has 0 atom stereocenters. The molecule has 0 bridgehead atoms. The topological polar surface area (TPSA) is 61.0 Å². The van der Waals surface area contributed by atoms with Gasteiger partial charge < -0.3 is 10.5 Å². The van der Waals surface area contributed by atoms with Gasteiger partial charge in [-0.2, -0.15) is 0 Å². The molecule has 23 heavy (non-hydrogen) atoms. The number of rotatable bonds is 11. The van der Waals surface area contributed by atoms with E-state index in [0.717, 1.165) is 29.6 Å². The lowest BCUT2D eigenvalue weighted by molar-refractivity contribution is 0.192. The van der Waals surface area contributed by atoms with Crippen molar-refractivity contribution in [2.45, 2.75) is 57.8 Å². The first-order valence-corrected chi connectivity index (χ1v) is 8.81. The Morgan fingerprint density at radius 2 is 1.52 bits per heavy atom. The van der Waals surface area contributed by atoms with Gasteiger partial charge in [-0.25, -0.2) is 9.97 Å². The van der Waals surface area contributed by atoms with Crippen LogP contribution in [0.5, 0.6) is 0 Å². The normalized spacial score (nSPS) is 11.2. The number of nitrogen functional groups attached to an aromatic ring is 1.